The Kier molecular flexibility index (Phi) is 5.02. The molecule has 1 saturated carbocycles. The van der Waals surface area contributed by atoms with Crippen molar-refractivity contribution in [2.75, 3.05) is 16.8 Å². The number of anilines is 3. The highest BCUT2D eigenvalue weighted by Gasteiger charge is 2.44. The highest BCUT2D eigenvalue weighted by atomic mass is 35.5. The number of Topliss-reactive ketones (excluding diaryl/α,β-unsaturated/α-hetero) is 1. The number of hydrogen-bond donors (Lipinski definition) is 2. The topological polar surface area (TPSA) is 104 Å². The second-order valence-electron chi connectivity index (χ2n) is 9.30. The van der Waals surface area contributed by atoms with Gasteiger partial charge in [0.1, 0.15) is 5.52 Å². The molecule has 5 heterocycles. The van der Waals surface area contributed by atoms with Gasteiger partial charge in [-0.2, -0.15) is 10.1 Å². The molecule has 0 unspecified atom stereocenters. The summed E-state index contributed by atoms with van der Waals surface area (Å²) in [6.07, 6.45) is 7.72. The Morgan fingerprint density at radius 3 is 3.00 bits per heavy atom. The molecule has 34 heavy (non-hydrogen) atoms. The van der Waals surface area contributed by atoms with Crippen molar-refractivity contribution in [2.45, 2.75) is 50.5 Å². The summed E-state index contributed by atoms with van der Waals surface area (Å²) in [5.74, 6) is 2.57. The van der Waals surface area contributed by atoms with Crippen LogP contribution in [0.3, 0.4) is 0 Å². The normalized spacial score (nSPS) is 20.2. The largest absolute Gasteiger partial charge is 0.327 e. The molecule has 4 aromatic rings. The molecule has 0 spiro atoms. The van der Waals surface area contributed by atoms with Crippen molar-refractivity contribution < 1.29 is 4.79 Å². The highest BCUT2D eigenvalue weighted by Crippen LogP contribution is 2.40. The average Bonchev–Trinajstić information content (AvgIpc) is 3.20. The van der Waals surface area contributed by atoms with Gasteiger partial charge in [0.05, 0.1) is 17.0 Å². The van der Waals surface area contributed by atoms with E-state index in [4.69, 9.17) is 21.7 Å². The summed E-state index contributed by atoms with van der Waals surface area (Å²) in [6.45, 7) is 2.68. The molecule has 0 aromatic carbocycles. The van der Waals surface area contributed by atoms with Crippen LogP contribution in [0.25, 0.3) is 5.52 Å². The van der Waals surface area contributed by atoms with Gasteiger partial charge in [-0.15, -0.1) is 5.10 Å². The zero-order valence-corrected chi connectivity index (χ0v) is 19.6. The van der Waals surface area contributed by atoms with E-state index in [2.05, 4.69) is 20.5 Å². The Morgan fingerprint density at radius 2 is 2.21 bits per heavy atom. The third-order valence-corrected chi connectivity index (χ3v) is 7.08. The lowest BCUT2D eigenvalue weighted by atomic mass is 9.90. The van der Waals surface area contributed by atoms with Crippen molar-refractivity contribution in [1.82, 2.24) is 29.8 Å². The predicted octanol–water partition coefficient (Wildman–Crippen LogP) is 4.29. The molecule has 0 amide bonds. The molecule has 4 aromatic heterocycles. The number of aromatic nitrogens is 6. The molecule has 2 N–H and O–H groups in total. The number of ketones is 1. The summed E-state index contributed by atoms with van der Waals surface area (Å²) >= 11 is 5.95. The van der Waals surface area contributed by atoms with Crippen LogP contribution in [0.1, 0.15) is 49.9 Å². The van der Waals surface area contributed by atoms with Gasteiger partial charge in [0, 0.05) is 42.3 Å². The van der Waals surface area contributed by atoms with Crippen molar-refractivity contribution in [3.8, 4) is 0 Å². The van der Waals surface area contributed by atoms with E-state index < -0.39 is 5.54 Å². The van der Waals surface area contributed by atoms with E-state index >= 15 is 0 Å². The van der Waals surface area contributed by atoms with Crippen LogP contribution in [0.15, 0.2) is 42.7 Å². The zero-order valence-electron chi connectivity index (χ0n) is 18.8. The van der Waals surface area contributed by atoms with Crippen LogP contribution in [-0.2, 0) is 11.2 Å². The fourth-order valence-corrected chi connectivity index (χ4v) is 4.81. The van der Waals surface area contributed by atoms with Crippen LogP contribution in [0.4, 0.5) is 17.6 Å². The molecule has 1 atom stereocenters. The molecule has 6 rings (SSSR count). The smallest absolute Gasteiger partial charge is 0.246 e. The minimum atomic E-state index is -0.717. The lowest BCUT2D eigenvalue weighted by molar-refractivity contribution is -0.122. The Hall–Kier alpha value is -3.46. The minimum Gasteiger partial charge on any atom is -0.327 e. The first-order valence-corrected chi connectivity index (χ1v) is 12.0. The zero-order chi connectivity index (χ0) is 23.3. The fraction of sp³-hybridized carbons (Fsp3) is 0.375. The van der Waals surface area contributed by atoms with E-state index in [9.17, 15) is 4.79 Å². The van der Waals surface area contributed by atoms with Crippen molar-refractivity contribution in [2.24, 2.45) is 0 Å². The second-order valence-corrected chi connectivity index (χ2v) is 9.74. The standard InChI is InChI=1S/C24H25ClN8O/c1-24(20(34)12-17-8-7-16(25)14-26-17)9-3-10-32(24)23-28-22(19-4-2-11-33(19)31-23)27-21-13-18(29-30-21)15-5-6-15/h2,4,7-8,11,13-15H,3,5-6,9-10,12H2,1H3,(H2,27,28,29,30,31)/t24-/m0/s1. The van der Waals surface area contributed by atoms with Gasteiger partial charge >= 0.3 is 0 Å². The third-order valence-electron chi connectivity index (χ3n) is 6.85. The number of aromatic amines is 1. The maximum absolute atomic E-state index is 13.5. The number of carbonyl (C=O) groups is 1. The van der Waals surface area contributed by atoms with Crippen LogP contribution in [-0.4, -0.2) is 47.6 Å². The molecular weight excluding hydrogens is 452 g/mol. The van der Waals surface area contributed by atoms with Crippen LogP contribution < -0.4 is 10.2 Å². The maximum Gasteiger partial charge on any atom is 0.246 e. The Labute approximate surface area is 201 Å². The average molecular weight is 477 g/mol. The van der Waals surface area contributed by atoms with E-state index in [0.717, 1.165) is 29.9 Å². The number of nitrogens with one attached hydrogen (secondary N) is 2. The molecular formula is C24H25ClN8O. The number of halogens is 1. The number of nitrogens with zero attached hydrogens (tertiary/aromatic N) is 6. The van der Waals surface area contributed by atoms with Crippen molar-refractivity contribution >= 4 is 40.5 Å². The van der Waals surface area contributed by atoms with Gasteiger partial charge in [-0.3, -0.25) is 14.9 Å². The number of pyridine rings is 1. The Bertz CT molecular complexity index is 1360. The second kappa shape index (κ2) is 8.09. The summed E-state index contributed by atoms with van der Waals surface area (Å²) < 4.78 is 1.79. The third kappa shape index (κ3) is 3.79. The summed E-state index contributed by atoms with van der Waals surface area (Å²) in [4.78, 5) is 24.7. The SMILES string of the molecule is C[C@@]1(C(=O)Cc2ccc(Cl)cn2)CCCN1c1nc(Nc2cc(C3CC3)[nH]n2)c2cccn2n1. The van der Waals surface area contributed by atoms with E-state index in [1.165, 1.54) is 12.8 Å². The van der Waals surface area contributed by atoms with E-state index in [0.29, 0.717) is 34.9 Å². The molecule has 2 aliphatic rings. The summed E-state index contributed by atoms with van der Waals surface area (Å²) in [5, 5.41) is 16.2. The first-order chi connectivity index (χ1) is 16.5. The highest BCUT2D eigenvalue weighted by molar-refractivity contribution is 6.30. The lowest BCUT2D eigenvalue weighted by Crippen LogP contribution is -2.50. The van der Waals surface area contributed by atoms with Gasteiger partial charge < -0.3 is 10.2 Å². The molecule has 0 bridgehead atoms. The van der Waals surface area contributed by atoms with Gasteiger partial charge in [0.15, 0.2) is 17.4 Å². The molecule has 2 fully saturated rings. The van der Waals surface area contributed by atoms with E-state index in [-0.39, 0.29) is 12.2 Å². The quantitative estimate of drug-likeness (QED) is 0.410. The minimum absolute atomic E-state index is 0.0897. The first kappa shape index (κ1) is 21.1. The summed E-state index contributed by atoms with van der Waals surface area (Å²) in [7, 11) is 0. The number of carbonyl (C=O) groups excluding carboxylic acids is 1. The van der Waals surface area contributed by atoms with Crippen LogP contribution in [0.5, 0.6) is 0 Å². The molecule has 1 aliphatic carbocycles. The van der Waals surface area contributed by atoms with E-state index in [1.54, 1.807) is 22.8 Å². The molecule has 174 valence electrons. The Morgan fingerprint density at radius 1 is 1.32 bits per heavy atom. The van der Waals surface area contributed by atoms with Crippen LogP contribution in [0, 0.1) is 0 Å². The fourth-order valence-electron chi connectivity index (χ4n) is 4.69. The molecule has 9 nitrogen and oxygen atoms in total. The van der Waals surface area contributed by atoms with Gasteiger partial charge in [-0.05, 0) is 56.9 Å². The number of rotatable bonds is 7. The van der Waals surface area contributed by atoms with Gasteiger partial charge in [-0.1, -0.05) is 11.6 Å². The maximum atomic E-state index is 13.5. The number of hydrogen-bond acceptors (Lipinski definition) is 7. The monoisotopic (exact) mass is 476 g/mol. The lowest BCUT2D eigenvalue weighted by Gasteiger charge is -2.34. The van der Waals surface area contributed by atoms with Gasteiger partial charge in [0.25, 0.3) is 0 Å². The van der Waals surface area contributed by atoms with Crippen LogP contribution in [0.2, 0.25) is 5.02 Å². The van der Waals surface area contributed by atoms with Crippen molar-refractivity contribution in [1.29, 1.82) is 0 Å². The Balaban J connectivity index is 1.31. The summed E-state index contributed by atoms with van der Waals surface area (Å²) in [6, 6.07) is 9.49. The number of H-pyrrole nitrogens is 1. The molecule has 1 aliphatic heterocycles. The first-order valence-electron chi connectivity index (χ1n) is 11.6. The molecule has 1 saturated heterocycles. The van der Waals surface area contributed by atoms with Crippen molar-refractivity contribution in [3.05, 3.63) is 59.1 Å². The predicted molar refractivity (Wildman–Crippen MR) is 130 cm³/mol. The van der Waals surface area contributed by atoms with E-state index in [1.807, 2.05) is 36.2 Å². The van der Waals surface area contributed by atoms with Gasteiger partial charge in [0.2, 0.25) is 5.95 Å². The molecule has 10 heteroatoms. The van der Waals surface area contributed by atoms with Crippen LogP contribution >= 0.6 is 11.6 Å². The van der Waals surface area contributed by atoms with Gasteiger partial charge in [-0.25, -0.2) is 4.52 Å². The van der Waals surface area contributed by atoms with Crippen molar-refractivity contribution in [3.63, 3.8) is 0 Å². The number of fused-ring (bicyclic) bond motifs is 1. The molecule has 0 radical (unpaired) electrons. The summed E-state index contributed by atoms with van der Waals surface area (Å²) in [5.41, 5.74) is 1.98.